The number of para-hydroxylation sites is 1. The van der Waals surface area contributed by atoms with Gasteiger partial charge in [0.05, 0.1) is 58.1 Å². The summed E-state index contributed by atoms with van der Waals surface area (Å²) in [5.41, 5.74) is 5.95. The average molecular weight is 856 g/mol. The first-order valence-corrected chi connectivity index (χ1v) is 20.6. The lowest BCUT2D eigenvalue weighted by atomic mass is 9.49. The van der Waals surface area contributed by atoms with Crippen LogP contribution in [0.4, 0.5) is 28.4 Å². The normalized spacial score (nSPS) is 24.4. The molecule has 3 fully saturated rings. The zero-order valence-corrected chi connectivity index (χ0v) is 34.8. The fraction of sp³-hybridized carbons (Fsp3) is 0.234. The Bertz CT molecular complexity index is 2650. The molecule has 4 aliphatic rings. The number of aromatic hydroxyl groups is 1. The summed E-state index contributed by atoms with van der Waals surface area (Å²) >= 11 is 12.8. The molecule has 0 bridgehead atoms. The quantitative estimate of drug-likeness (QED) is 0.0848. The zero-order valence-electron chi connectivity index (χ0n) is 33.3. The van der Waals surface area contributed by atoms with Crippen molar-refractivity contribution in [1.29, 1.82) is 0 Å². The van der Waals surface area contributed by atoms with E-state index >= 15 is 4.79 Å². The van der Waals surface area contributed by atoms with Crippen molar-refractivity contribution in [3.05, 3.63) is 148 Å². The minimum absolute atomic E-state index is 0.0714. The number of rotatable bonds is 9. The van der Waals surface area contributed by atoms with Crippen LogP contribution >= 0.6 is 23.2 Å². The molecule has 12 nitrogen and oxygen atoms in total. The maximum Gasteiger partial charge on any atom is 0.260 e. The highest BCUT2D eigenvalue weighted by molar-refractivity contribution is 6.36. The minimum atomic E-state index is -1.60. The minimum Gasteiger partial charge on any atom is -0.508 e. The first kappa shape index (κ1) is 39.9. The molecule has 6 atom stereocenters. The molecular weight excluding hydrogens is 815 g/mol. The van der Waals surface area contributed by atoms with Crippen LogP contribution in [0.1, 0.15) is 29.9 Å². The van der Waals surface area contributed by atoms with Gasteiger partial charge in [-0.25, -0.2) is 0 Å². The fourth-order valence-electron chi connectivity index (χ4n) is 9.78. The molecule has 4 amide bonds. The first-order valence-electron chi connectivity index (χ1n) is 19.8. The standard InChI is InChI=1S/C47H40Cl2N6O6/c1-53(2)30-15-11-28(12-16-30)50-51-29-13-17-31(18-14-29)54-43(57)35-22-21-33-36(41(35)45(54)59)25-37-44(58)55(52-39-23-10-27(48)24-38(39)49)46(60)47(37,26-8-19-32(61-3)20-9-26)42(33)34-6-4-5-7-40(34)56/h4-21,23-24,35-37,41-42,52,56H,22,25H2,1-3H3. The summed E-state index contributed by atoms with van der Waals surface area (Å²) in [6.07, 6.45) is 2.23. The maximum absolute atomic E-state index is 15.4. The van der Waals surface area contributed by atoms with Crippen molar-refractivity contribution >= 4 is 75.3 Å². The van der Waals surface area contributed by atoms with Crippen molar-refractivity contribution < 1.29 is 29.0 Å². The van der Waals surface area contributed by atoms with Gasteiger partial charge >= 0.3 is 0 Å². The summed E-state index contributed by atoms with van der Waals surface area (Å²) in [7, 11) is 5.46. The number of halogens is 2. The second kappa shape index (κ2) is 15.5. The van der Waals surface area contributed by atoms with E-state index in [-0.39, 0.29) is 35.2 Å². The lowest BCUT2D eigenvalue weighted by Crippen LogP contribution is -2.53. The maximum atomic E-state index is 15.4. The number of methoxy groups -OCH3 is 1. The van der Waals surface area contributed by atoms with E-state index in [0.29, 0.717) is 44.5 Å². The number of phenolic OH excluding ortho intramolecular Hbond substituents is 1. The second-order valence-electron chi connectivity index (χ2n) is 15.9. The smallest absolute Gasteiger partial charge is 0.260 e. The van der Waals surface area contributed by atoms with E-state index < -0.39 is 52.7 Å². The first-order chi connectivity index (χ1) is 29.4. The highest BCUT2D eigenvalue weighted by Crippen LogP contribution is 2.65. The third-order valence-corrected chi connectivity index (χ3v) is 13.1. The second-order valence-corrected chi connectivity index (χ2v) is 16.8. The van der Waals surface area contributed by atoms with Gasteiger partial charge in [-0.3, -0.25) is 29.5 Å². The Morgan fingerprint density at radius 2 is 1.48 bits per heavy atom. The molecule has 0 aromatic heterocycles. The van der Waals surface area contributed by atoms with Crippen LogP contribution in [0.5, 0.6) is 11.5 Å². The topological polar surface area (TPSA) is 144 Å². The number of anilines is 3. The summed E-state index contributed by atoms with van der Waals surface area (Å²) in [4.78, 5) is 62.8. The van der Waals surface area contributed by atoms with Crippen LogP contribution in [0.2, 0.25) is 10.0 Å². The summed E-state index contributed by atoms with van der Waals surface area (Å²) in [5, 5.41) is 21.9. The molecule has 308 valence electrons. The lowest BCUT2D eigenvalue weighted by molar-refractivity contribution is -0.138. The Hall–Kier alpha value is -6.50. The van der Waals surface area contributed by atoms with Crippen molar-refractivity contribution in [3.8, 4) is 11.5 Å². The van der Waals surface area contributed by atoms with Crippen molar-refractivity contribution in [2.24, 2.45) is 33.9 Å². The number of amides is 4. The molecule has 5 aromatic carbocycles. The number of nitrogens with zero attached hydrogens (tertiary/aromatic N) is 5. The highest BCUT2D eigenvalue weighted by atomic mass is 35.5. The number of phenols is 1. The van der Waals surface area contributed by atoms with E-state index in [2.05, 4.69) is 15.7 Å². The number of fused-ring (bicyclic) bond motifs is 4. The number of nitrogens with one attached hydrogen (secondary N) is 1. The molecule has 2 aliphatic heterocycles. The summed E-state index contributed by atoms with van der Waals surface area (Å²) in [6, 6.07) is 32.8. The predicted molar refractivity (Wildman–Crippen MR) is 233 cm³/mol. The largest absolute Gasteiger partial charge is 0.508 e. The van der Waals surface area contributed by atoms with Crippen LogP contribution in [0.15, 0.2) is 137 Å². The number of azo groups is 1. The molecule has 14 heteroatoms. The number of allylic oxidation sites excluding steroid dienone is 2. The Balaban J connectivity index is 1.11. The van der Waals surface area contributed by atoms with Crippen LogP contribution in [-0.2, 0) is 24.6 Å². The van der Waals surface area contributed by atoms with Gasteiger partial charge in [0.1, 0.15) is 11.5 Å². The van der Waals surface area contributed by atoms with E-state index in [1.807, 2.05) is 49.3 Å². The lowest BCUT2D eigenvalue weighted by Gasteiger charge is -2.50. The Morgan fingerprint density at radius 1 is 0.803 bits per heavy atom. The summed E-state index contributed by atoms with van der Waals surface area (Å²) in [5.74, 6) is -5.52. The van der Waals surface area contributed by atoms with Gasteiger partial charge < -0.3 is 14.7 Å². The Kier molecular flexibility index (Phi) is 10.2. The Morgan fingerprint density at radius 3 is 2.11 bits per heavy atom. The monoisotopic (exact) mass is 854 g/mol. The molecular formula is C47H40Cl2N6O6. The number of hydrogen-bond acceptors (Lipinski definition) is 10. The van der Waals surface area contributed by atoms with Gasteiger partial charge in [-0.1, -0.05) is 65.2 Å². The SMILES string of the molecule is COc1ccc(C23C(=O)N(Nc4ccc(Cl)cc4Cl)C(=O)C2CC2C(=CCC4C(=O)N(c5ccc(N=Nc6ccc(N(C)C)cc6)cc5)C(=O)C42)C3c2ccccc2O)cc1. The van der Waals surface area contributed by atoms with Crippen molar-refractivity contribution in [1.82, 2.24) is 5.01 Å². The molecule has 0 radical (unpaired) electrons. The van der Waals surface area contributed by atoms with Gasteiger partial charge in [0.2, 0.25) is 11.8 Å². The highest BCUT2D eigenvalue weighted by Gasteiger charge is 2.70. The number of benzene rings is 5. The molecule has 5 aromatic rings. The van der Waals surface area contributed by atoms with Gasteiger partial charge in [-0.15, -0.1) is 0 Å². The molecule has 6 unspecified atom stereocenters. The van der Waals surface area contributed by atoms with Gasteiger partial charge in [-0.05, 0) is 109 Å². The van der Waals surface area contributed by atoms with Gasteiger partial charge in [0.25, 0.3) is 11.8 Å². The number of carbonyl (C=O) groups is 4. The van der Waals surface area contributed by atoms with Crippen LogP contribution in [0.25, 0.3) is 0 Å². The van der Waals surface area contributed by atoms with Crippen molar-refractivity contribution in [2.75, 3.05) is 36.4 Å². The van der Waals surface area contributed by atoms with Crippen molar-refractivity contribution in [2.45, 2.75) is 24.2 Å². The van der Waals surface area contributed by atoms with Crippen LogP contribution < -0.4 is 20.0 Å². The average Bonchev–Trinajstić information content (AvgIpc) is 3.64. The molecule has 2 heterocycles. The van der Waals surface area contributed by atoms with Gasteiger partial charge in [0.15, 0.2) is 0 Å². The molecule has 2 saturated heterocycles. The molecule has 1 saturated carbocycles. The third kappa shape index (κ3) is 6.52. The number of carbonyl (C=O) groups excluding carboxylic acids is 4. The van der Waals surface area contributed by atoms with Gasteiger partial charge in [0, 0.05) is 36.3 Å². The third-order valence-electron chi connectivity index (χ3n) is 12.6. The fourth-order valence-corrected chi connectivity index (χ4v) is 10.2. The van der Waals surface area contributed by atoms with Crippen molar-refractivity contribution in [3.63, 3.8) is 0 Å². The van der Waals surface area contributed by atoms with Crippen LogP contribution in [-0.4, -0.2) is 54.9 Å². The van der Waals surface area contributed by atoms with Gasteiger partial charge in [-0.2, -0.15) is 15.2 Å². The number of hydrazine groups is 1. The zero-order chi connectivity index (χ0) is 42.7. The van der Waals surface area contributed by atoms with E-state index in [1.165, 1.54) is 18.1 Å². The summed E-state index contributed by atoms with van der Waals surface area (Å²) in [6.45, 7) is 0. The van der Waals surface area contributed by atoms with Crippen LogP contribution in [0.3, 0.4) is 0 Å². The summed E-state index contributed by atoms with van der Waals surface area (Å²) < 4.78 is 5.48. The number of hydrogen-bond donors (Lipinski definition) is 2. The molecule has 0 spiro atoms. The van der Waals surface area contributed by atoms with E-state index in [9.17, 15) is 19.5 Å². The Labute approximate surface area is 362 Å². The van der Waals surface area contributed by atoms with E-state index in [0.717, 1.165) is 10.7 Å². The van der Waals surface area contributed by atoms with E-state index in [4.69, 9.17) is 27.9 Å². The number of ether oxygens (including phenoxy) is 1. The molecule has 2 aliphatic carbocycles. The molecule has 2 N–H and O–H groups in total. The molecule has 61 heavy (non-hydrogen) atoms. The molecule has 9 rings (SSSR count). The van der Waals surface area contributed by atoms with E-state index in [1.54, 1.807) is 84.9 Å². The van der Waals surface area contributed by atoms with Crippen LogP contribution in [0, 0.1) is 23.7 Å². The number of imide groups is 2. The predicted octanol–water partition coefficient (Wildman–Crippen LogP) is 9.38.